The predicted octanol–water partition coefficient (Wildman–Crippen LogP) is 3.13. The molecule has 0 saturated carbocycles. The van der Waals surface area contributed by atoms with Gasteiger partial charge in [0.2, 0.25) is 15.8 Å². The number of hydrogen-bond acceptors (Lipinski definition) is 7. The molecule has 11 heteroatoms. The number of nitrogens with one attached hydrogen (secondary N) is 1. The molecule has 0 amide bonds. The molecule has 0 aliphatic heterocycles. The van der Waals surface area contributed by atoms with E-state index in [-0.39, 0.29) is 21.9 Å². The van der Waals surface area contributed by atoms with Crippen LogP contribution in [-0.2, 0) is 10.0 Å². The zero-order valence-electron chi connectivity index (χ0n) is 14.0. The van der Waals surface area contributed by atoms with Crippen LogP contribution in [0, 0.1) is 6.92 Å². The van der Waals surface area contributed by atoms with E-state index >= 15 is 0 Å². The Kier molecular flexibility index (Phi) is 5.29. The SMILES string of the molecule is Br.Cc1nc2ncccn2c1-c1csc(Nc2ccc(S(N)(=O)=O)cc2)n1. The molecule has 0 unspecified atom stereocenters. The van der Waals surface area contributed by atoms with Gasteiger partial charge in [0.25, 0.3) is 0 Å². The van der Waals surface area contributed by atoms with E-state index in [2.05, 4.69) is 20.3 Å². The number of sulfonamides is 1. The smallest absolute Gasteiger partial charge is 0.238 e. The van der Waals surface area contributed by atoms with Gasteiger partial charge in [-0.15, -0.1) is 28.3 Å². The highest BCUT2D eigenvalue weighted by molar-refractivity contribution is 8.93. The summed E-state index contributed by atoms with van der Waals surface area (Å²) < 4.78 is 24.5. The zero-order valence-corrected chi connectivity index (χ0v) is 17.4. The second kappa shape index (κ2) is 7.35. The number of imidazole rings is 1. The maximum atomic E-state index is 11.3. The zero-order chi connectivity index (χ0) is 18.3. The number of aromatic nitrogens is 4. The minimum absolute atomic E-state index is 0. The standard InChI is InChI=1S/C16H14N6O2S2.BrH/c1-10-14(22-8-2-7-18-15(22)19-10)13-9-25-16(21-13)20-11-3-5-12(6-4-11)26(17,23)24;/h2-9H,1H3,(H,20,21)(H2,17,23,24);1H. The highest BCUT2D eigenvalue weighted by Gasteiger charge is 2.15. The third-order valence-electron chi connectivity index (χ3n) is 3.76. The van der Waals surface area contributed by atoms with E-state index in [0.29, 0.717) is 10.9 Å². The largest absolute Gasteiger partial charge is 0.332 e. The lowest BCUT2D eigenvalue weighted by molar-refractivity contribution is 0.598. The Morgan fingerprint density at radius 3 is 2.63 bits per heavy atom. The molecule has 1 aromatic carbocycles. The normalized spacial score (nSPS) is 11.3. The van der Waals surface area contributed by atoms with Gasteiger partial charge in [0.15, 0.2) is 5.13 Å². The van der Waals surface area contributed by atoms with Gasteiger partial charge in [0.05, 0.1) is 16.3 Å². The number of nitrogens with two attached hydrogens (primary N) is 1. The fourth-order valence-electron chi connectivity index (χ4n) is 2.60. The average molecular weight is 467 g/mol. The Hall–Kier alpha value is -2.34. The van der Waals surface area contributed by atoms with Crippen molar-refractivity contribution in [1.82, 2.24) is 19.4 Å². The van der Waals surface area contributed by atoms with Crippen molar-refractivity contribution in [2.45, 2.75) is 11.8 Å². The first-order valence-corrected chi connectivity index (χ1v) is 10.00. The van der Waals surface area contributed by atoms with Crippen LogP contribution in [0.1, 0.15) is 5.69 Å². The van der Waals surface area contributed by atoms with Crippen molar-refractivity contribution in [2.75, 3.05) is 5.32 Å². The van der Waals surface area contributed by atoms with Gasteiger partial charge in [-0.1, -0.05) is 0 Å². The summed E-state index contributed by atoms with van der Waals surface area (Å²) in [7, 11) is -3.70. The molecule has 0 aliphatic carbocycles. The molecular weight excluding hydrogens is 452 g/mol. The predicted molar refractivity (Wildman–Crippen MR) is 110 cm³/mol. The van der Waals surface area contributed by atoms with E-state index in [9.17, 15) is 8.42 Å². The first-order valence-electron chi connectivity index (χ1n) is 7.57. The summed E-state index contributed by atoms with van der Waals surface area (Å²) in [4.78, 5) is 13.4. The van der Waals surface area contributed by atoms with Crippen LogP contribution in [0.5, 0.6) is 0 Å². The average Bonchev–Trinajstić information content (AvgIpc) is 3.17. The monoisotopic (exact) mass is 466 g/mol. The first kappa shape index (κ1) is 19.4. The molecule has 0 atom stereocenters. The maximum Gasteiger partial charge on any atom is 0.238 e. The third-order valence-corrected chi connectivity index (χ3v) is 5.45. The number of hydrogen-bond donors (Lipinski definition) is 2. The Morgan fingerprint density at radius 1 is 1.19 bits per heavy atom. The van der Waals surface area contributed by atoms with Gasteiger partial charge in [-0.2, -0.15) is 0 Å². The molecule has 3 aromatic heterocycles. The molecule has 3 N–H and O–H groups in total. The van der Waals surface area contributed by atoms with Crippen LogP contribution in [0.25, 0.3) is 17.2 Å². The molecular formula is C16H15BrN6O2S2. The van der Waals surface area contributed by atoms with Crippen molar-refractivity contribution >= 4 is 54.9 Å². The van der Waals surface area contributed by atoms with Gasteiger partial charge in [-0.3, -0.25) is 4.40 Å². The first-order chi connectivity index (χ1) is 12.4. The van der Waals surface area contributed by atoms with E-state index in [1.165, 1.54) is 23.5 Å². The van der Waals surface area contributed by atoms with Crippen LogP contribution in [0.4, 0.5) is 10.8 Å². The molecule has 27 heavy (non-hydrogen) atoms. The second-order valence-electron chi connectivity index (χ2n) is 5.57. The second-order valence-corrected chi connectivity index (χ2v) is 7.99. The van der Waals surface area contributed by atoms with Crippen molar-refractivity contribution < 1.29 is 8.42 Å². The van der Waals surface area contributed by atoms with Gasteiger partial charge < -0.3 is 5.32 Å². The number of primary sulfonamides is 1. The Morgan fingerprint density at radius 2 is 1.93 bits per heavy atom. The molecule has 0 radical (unpaired) electrons. The highest BCUT2D eigenvalue weighted by atomic mass is 79.9. The molecule has 4 aromatic rings. The number of halogens is 1. The molecule has 0 bridgehead atoms. The molecule has 0 spiro atoms. The van der Waals surface area contributed by atoms with Gasteiger partial charge in [-0.05, 0) is 37.3 Å². The summed E-state index contributed by atoms with van der Waals surface area (Å²) in [6, 6.07) is 8.03. The van der Waals surface area contributed by atoms with Gasteiger partial charge in [0, 0.05) is 23.5 Å². The van der Waals surface area contributed by atoms with Gasteiger partial charge >= 0.3 is 0 Å². The van der Waals surface area contributed by atoms with Crippen LogP contribution in [0.15, 0.2) is 53.0 Å². The Bertz CT molecular complexity index is 1200. The highest BCUT2D eigenvalue weighted by Crippen LogP contribution is 2.29. The Balaban J connectivity index is 0.00000210. The summed E-state index contributed by atoms with van der Waals surface area (Å²) in [5.74, 6) is 0.626. The molecule has 0 fully saturated rings. The molecule has 3 heterocycles. The molecule has 0 aliphatic rings. The van der Waals surface area contributed by atoms with Crippen molar-refractivity contribution in [3.8, 4) is 11.4 Å². The van der Waals surface area contributed by atoms with E-state index in [1.807, 2.05) is 29.0 Å². The van der Waals surface area contributed by atoms with E-state index in [4.69, 9.17) is 5.14 Å². The van der Waals surface area contributed by atoms with Crippen LogP contribution in [0.2, 0.25) is 0 Å². The number of thiazole rings is 1. The van der Waals surface area contributed by atoms with Crippen LogP contribution < -0.4 is 10.5 Å². The van der Waals surface area contributed by atoms with Gasteiger partial charge in [0.1, 0.15) is 5.69 Å². The van der Waals surface area contributed by atoms with Crippen LogP contribution >= 0.6 is 28.3 Å². The van der Waals surface area contributed by atoms with Crippen LogP contribution in [0.3, 0.4) is 0 Å². The minimum Gasteiger partial charge on any atom is -0.332 e. The number of nitrogens with zero attached hydrogens (tertiary/aromatic N) is 4. The number of rotatable bonds is 4. The lowest BCUT2D eigenvalue weighted by Gasteiger charge is -2.04. The van der Waals surface area contributed by atoms with Crippen LogP contribution in [-0.4, -0.2) is 27.8 Å². The van der Waals surface area contributed by atoms with Crippen molar-refractivity contribution in [3.63, 3.8) is 0 Å². The summed E-state index contributed by atoms with van der Waals surface area (Å²) in [6.45, 7) is 1.92. The summed E-state index contributed by atoms with van der Waals surface area (Å²) in [5.41, 5.74) is 3.24. The number of anilines is 2. The lowest BCUT2D eigenvalue weighted by Crippen LogP contribution is -2.11. The van der Waals surface area contributed by atoms with Crippen molar-refractivity contribution in [2.24, 2.45) is 5.14 Å². The lowest BCUT2D eigenvalue weighted by atomic mass is 10.3. The van der Waals surface area contributed by atoms with Crippen molar-refractivity contribution in [3.05, 3.63) is 53.8 Å². The fourth-order valence-corrected chi connectivity index (χ4v) is 3.83. The number of benzene rings is 1. The summed E-state index contributed by atoms with van der Waals surface area (Å²) in [5, 5.41) is 10.9. The molecule has 4 rings (SSSR count). The number of aryl methyl sites for hydroxylation is 1. The minimum atomic E-state index is -3.70. The van der Waals surface area contributed by atoms with Gasteiger partial charge in [-0.25, -0.2) is 28.5 Å². The van der Waals surface area contributed by atoms with Crippen molar-refractivity contribution in [1.29, 1.82) is 0 Å². The van der Waals surface area contributed by atoms with E-state index < -0.39 is 10.0 Å². The van der Waals surface area contributed by atoms with E-state index in [0.717, 1.165) is 22.8 Å². The Labute approximate surface area is 169 Å². The fraction of sp³-hybridized carbons (Fsp3) is 0.0625. The third kappa shape index (κ3) is 3.86. The molecule has 140 valence electrons. The maximum absolute atomic E-state index is 11.3. The van der Waals surface area contributed by atoms with E-state index in [1.54, 1.807) is 18.3 Å². The quantitative estimate of drug-likeness (QED) is 0.477. The summed E-state index contributed by atoms with van der Waals surface area (Å²) in [6.07, 6.45) is 3.60. The summed E-state index contributed by atoms with van der Waals surface area (Å²) >= 11 is 1.44. The molecule has 0 saturated heterocycles. The molecule has 8 nitrogen and oxygen atoms in total. The number of fused-ring (bicyclic) bond motifs is 1. The topological polar surface area (TPSA) is 115 Å².